The molecule has 0 spiro atoms. The molecule has 1 heterocycles. The third-order valence-electron chi connectivity index (χ3n) is 4.43. The molecule has 4 aromatic rings. The van der Waals surface area contributed by atoms with Gasteiger partial charge in [0.15, 0.2) is 0 Å². The Morgan fingerprint density at radius 2 is 1.62 bits per heavy atom. The summed E-state index contributed by atoms with van der Waals surface area (Å²) in [6.45, 7) is 0. The lowest BCUT2D eigenvalue weighted by atomic mass is 10.2. The number of carboxylic acid groups (broad SMARTS) is 1. The van der Waals surface area contributed by atoms with Gasteiger partial charge in [-0.2, -0.15) is 0 Å². The van der Waals surface area contributed by atoms with Crippen molar-refractivity contribution in [2.24, 2.45) is 4.99 Å². The number of hydrogen-bond acceptors (Lipinski definition) is 3. The third kappa shape index (κ3) is 4.42. The van der Waals surface area contributed by atoms with E-state index < -0.39 is 5.97 Å². The maximum Gasteiger partial charge on any atom is 0.335 e. The first-order valence-corrected chi connectivity index (χ1v) is 9.16. The van der Waals surface area contributed by atoms with Crippen LogP contribution >= 0.6 is 0 Å². The van der Waals surface area contributed by atoms with Crippen LogP contribution < -0.4 is 5.32 Å². The lowest BCUT2D eigenvalue weighted by Crippen LogP contribution is -2.01. The van der Waals surface area contributed by atoms with Crippen molar-refractivity contribution >= 4 is 29.2 Å². The first-order valence-electron chi connectivity index (χ1n) is 9.16. The molecular formula is C24H19N3O2. The number of aromatic carboxylic acids is 1. The van der Waals surface area contributed by atoms with Gasteiger partial charge in [0.1, 0.15) is 0 Å². The molecule has 142 valence electrons. The highest BCUT2D eigenvalue weighted by molar-refractivity contribution is 5.88. The number of nitrogens with zero attached hydrogens (tertiary/aromatic N) is 2. The summed E-state index contributed by atoms with van der Waals surface area (Å²) in [7, 11) is 0. The van der Waals surface area contributed by atoms with Gasteiger partial charge in [-0.15, -0.1) is 0 Å². The van der Waals surface area contributed by atoms with E-state index in [4.69, 9.17) is 0 Å². The van der Waals surface area contributed by atoms with E-state index >= 15 is 0 Å². The van der Waals surface area contributed by atoms with Crippen LogP contribution in [0.5, 0.6) is 0 Å². The number of nitrogens with one attached hydrogen (secondary N) is 1. The normalized spacial score (nSPS) is 10.9. The summed E-state index contributed by atoms with van der Waals surface area (Å²) >= 11 is 0. The van der Waals surface area contributed by atoms with Crippen molar-refractivity contribution in [3.8, 4) is 5.69 Å². The number of aromatic nitrogens is 1. The molecule has 2 N–H and O–H groups in total. The van der Waals surface area contributed by atoms with E-state index in [2.05, 4.69) is 10.3 Å². The summed E-state index contributed by atoms with van der Waals surface area (Å²) in [6, 6.07) is 28.5. The molecule has 5 heteroatoms. The monoisotopic (exact) mass is 381 g/mol. The fraction of sp³-hybridized carbons (Fsp3) is 0. The highest BCUT2D eigenvalue weighted by Crippen LogP contribution is 2.21. The Morgan fingerprint density at radius 1 is 0.862 bits per heavy atom. The average molecular weight is 381 g/mol. The van der Waals surface area contributed by atoms with Crippen molar-refractivity contribution in [1.29, 1.82) is 0 Å². The molecule has 0 atom stereocenters. The van der Waals surface area contributed by atoms with E-state index in [0.29, 0.717) is 0 Å². The molecule has 0 aliphatic rings. The molecule has 0 fully saturated rings. The predicted octanol–water partition coefficient (Wildman–Crippen LogP) is 5.67. The Kier molecular flexibility index (Phi) is 5.21. The minimum atomic E-state index is -0.946. The smallest absolute Gasteiger partial charge is 0.335 e. The zero-order chi connectivity index (χ0) is 20.1. The Labute approximate surface area is 168 Å². The van der Waals surface area contributed by atoms with Gasteiger partial charge in [-0.1, -0.05) is 24.3 Å². The summed E-state index contributed by atoms with van der Waals surface area (Å²) in [5.74, 6) is -0.946. The van der Waals surface area contributed by atoms with Crippen molar-refractivity contribution in [2.45, 2.75) is 0 Å². The fourth-order valence-corrected chi connectivity index (χ4v) is 2.98. The molecule has 3 aromatic carbocycles. The van der Waals surface area contributed by atoms with E-state index in [1.54, 1.807) is 24.4 Å². The van der Waals surface area contributed by atoms with Gasteiger partial charge in [-0.3, -0.25) is 4.99 Å². The van der Waals surface area contributed by atoms with Crippen LogP contribution in [0.3, 0.4) is 0 Å². The van der Waals surface area contributed by atoms with Crippen LogP contribution in [0, 0.1) is 0 Å². The van der Waals surface area contributed by atoms with Gasteiger partial charge >= 0.3 is 5.97 Å². The van der Waals surface area contributed by atoms with Gasteiger partial charge in [0.05, 0.1) is 23.2 Å². The number of carbonyl (C=O) groups is 1. The van der Waals surface area contributed by atoms with E-state index in [9.17, 15) is 9.90 Å². The standard InChI is InChI=1S/C24H19N3O2/c28-24(29)18-6-4-9-22(16-18)27-15-5-10-23(27)17-25-19-11-13-21(14-12-19)26-20-7-2-1-3-8-20/h1-17,26H,(H,28,29). The molecule has 0 radical (unpaired) electrons. The minimum absolute atomic E-state index is 0.251. The highest BCUT2D eigenvalue weighted by Gasteiger charge is 2.06. The Bertz CT molecular complexity index is 1150. The lowest BCUT2D eigenvalue weighted by molar-refractivity contribution is 0.0697. The number of hydrogen-bond donors (Lipinski definition) is 2. The summed E-state index contributed by atoms with van der Waals surface area (Å²) in [6.07, 6.45) is 3.66. The third-order valence-corrected chi connectivity index (χ3v) is 4.43. The van der Waals surface area contributed by atoms with Crippen LogP contribution in [0.15, 0.2) is 102 Å². The minimum Gasteiger partial charge on any atom is -0.478 e. The molecule has 0 unspecified atom stereocenters. The molecule has 0 saturated heterocycles. The topological polar surface area (TPSA) is 66.6 Å². The van der Waals surface area contributed by atoms with Crippen LogP contribution in [0.1, 0.15) is 16.1 Å². The number of rotatable bonds is 6. The largest absolute Gasteiger partial charge is 0.478 e. The summed E-state index contributed by atoms with van der Waals surface area (Å²) in [5.41, 5.74) is 4.74. The van der Waals surface area contributed by atoms with Crippen LogP contribution in [-0.2, 0) is 0 Å². The van der Waals surface area contributed by atoms with Gasteiger partial charge in [-0.05, 0) is 66.7 Å². The van der Waals surface area contributed by atoms with Crippen molar-refractivity contribution in [3.63, 3.8) is 0 Å². The SMILES string of the molecule is O=C(O)c1cccc(-n2cccc2C=Nc2ccc(Nc3ccccc3)cc2)c1. The molecule has 5 nitrogen and oxygen atoms in total. The van der Waals surface area contributed by atoms with Gasteiger partial charge < -0.3 is 15.0 Å². The maximum absolute atomic E-state index is 11.2. The van der Waals surface area contributed by atoms with Crippen molar-refractivity contribution < 1.29 is 9.90 Å². The number of para-hydroxylation sites is 1. The number of aliphatic imine (C=N–C) groups is 1. The van der Waals surface area contributed by atoms with Gasteiger partial charge in [0, 0.05) is 23.3 Å². The summed E-state index contributed by atoms with van der Waals surface area (Å²) < 4.78 is 1.90. The quantitative estimate of drug-likeness (QED) is 0.423. The Balaban J connectivity index is 1.51. The molecule has 0 saturated carbocycles. The van der Waals surface area contributed by atoms with E-state index in [0.717, 1.165) is 28.4 Å². The predicted molar refractivity (Wildman–Crippen MR) is 116 cm³/mol. The second kappa shape index (κ2) is 8.27. The lowest BCUT2D eigenvalue weighted by Gasteiger charge is -2.07. The van der Waals surface area contributed by atoms with E-state index in [-0.39, 0.29) is 5.56 Å². The zero-order valence-electron chi connectivity index (χ0n) is 15.6. The van der Waals surface area contributed by atoms with Gasteiger partial charge in [0.25, 0.3) is 0 Å². The van der Waals surface area contributed by atoms with Crippen LogP contribution in [0.4, 0.5) is 17.1 Å². The molecule has 0 aliphatic carbocycles. The molecule has 1 aromatic heterocycles. The number of carboxylic acids is 1. The second-order valence-electron chi connectivity index (χ2n) is 6.45. The molecule has 29 heavy (non-hydrogen) atoms. The van der Waals surface area contributed by atoms with E-state index in [1.165, 1.54) is 0 Å². The molecule has 0 aliphatic heterocycles. The maximum atomic E-state index is 11.2. The first kappa shape index (κ1) is 18.3. The zero-order valence-corrected chi connectivity index (χ0v) is 15.6. The average Bonchev–Trinajstić information content (AvgIpc) is 3.23. The van der Waals surface area contributed by atoms with Crippen molar-refractivity contribution in [2.75, 3.05) is 5.32 Å². The van der Waals surface area contributed by atoms with E-state index in [1.807, 2.05) is 83.6 Å². The van der Waals surface area contributed by atoms with Crippen molar-refractivity contribution in [3.05, 3.63) is 108 Å². The van der Waals surface area contributed by atoms with Gasteiger partial charge in [-0.25, -0.2) is 4.79 Å². The van der Waals surface area contributed by atoms with Crippen LogP contribution in [0.25, 0.3) is 5.69 Å². The number of benzene rings is 3. The van der Waals surface area contributed by atoms with Crippen LogP contribution in [-0.4, -0.2) is 21.9 Å². The second-order valence-corrected chi connectivity index (χ2v) is 6.45. The summed E-state index contributed by atoms with van der Waals surface area (Å²) in [5, 5.41) is 12.5. The van der Waals surface area contributed by atoms with Crippen molar-refractivity contribution in [1.82, 2.24) is 4.57 Å². The highest BCUT2D eigenvalue weighted by atomic mass is 16.4. The summed E-state index contributed by atoms with van der Waals surface area (Å²) in [4.78, 5) is 15.8. The fourth-order valence-electron chi connectivity index (χ4n) is 2.98. The Morgan fingerprint density at radius 3 is 2.38 bits per heavy atom. The molecule has 0 amide bonds. The van der Waals surface area contributed by atoms with Crippen LogP contribution in [0.2, 0.25) is 0 Å². The first-order chi connectivity index (χ1) is 14.2. The van der Waals surface area contributed by atoms with Gasteiger partial charge in [0.2, 0.25) is 0 Å². The molecule has 4 rings (SSSR count). The Hall–Kier alpha value is -4.12. The number of anilines is 2. The molecule has 0 bridgehead atoms. The molecular weight excluding hydrogens is 362 g/mol.